The van der Waals surface area contributed by atoms with E-state index in [1.807, 2.05) is 61.5 Å². The number of hydrogen-bond acceptors (Lipinski definition) is 12. The summed E-state index contributed by atoms with van der Waals surface area (Å²) < 4.78 is 27.2. The Balaban J connectivity index is 1.33. The Labute approximate surface area is 380 Å². The average Bonchev–Trinajstić information content (AvgIpc) is 4.15. The number of nitrogens with zero attached hydrogens (tertiary/aromatic N) is 4. The zero-order valence-corrected chi connectivity index (χ0v) is 37.1. The maximum Gasteiger partial charge on any atom is 0.416 e. The van der Waals surface area contributed by atoms with E-state index in [-0.39, 0.29) is 62.0 Å². The normalized spacial score (nSPS) is 23.7. The monoisotopic (exact) mass is 888 g/mol. The maximum absolute atomic E-state index is 15.2. The second-order valence-electron chi connectivity index (χ2n) is 17.3. The fourth-order valence-corrected chi connectivity index (χ4v) is 10.2. The number of carbonyl (C=O) groups excluding carboxylic acids is 1. The van der Waals surface area contributed by atoms with Crippen molar-refractivity contribution in [1.82, 2.24) is 9.80 Å². The molecule has 1 saturated carbocycles. The van der Waals surface area contributed by atoms with Gasteiger partial charge in [-0.3, -0.25) is 19.9 Å². The number of allylic oxidation sites excluding steroid dienone is 1. The molecular weight excluding hydrogens is 829 g/mol. The van der Waals surface area contributed by atoms with Gasteiger partial charge >= 0.3 is 6.09 Å². The van der Waals surface area contributed by atoms with Crippen molar-refractivity contribution in [1.29, 1.82) is 0 Å². The Hall–Kier alpha value is -5.80. The molecule has 1 saturated heterocycles. The van der Waals surface area contributed by atoms with Crippen LogP contribution in [0.1, 0.15) is 68.9 Å². The third-order valence-corrected chi connectivity index (χ3v) is 13.2. The number of aliphatic hydroxyl groups is 2. The second kappa shape index (κ2) is 21.0. The van der Waals surface area contributed by atoms with Gasteiger partial charge in [0.2, 0.25) is 5.79 Å². The first-order valence-corrected chi connectivity index (χ1v) is 23.0. The molecule has 4 aliphatic rings. The molecule has 6 atom stereocenters. The number of aliphatic hydroxyl groups excluding tert-OH is 2. The van der Waals surface area contributed by atoms with E-state index in [9.17, 15) is 20.3 Å². The summed E-state index contributed by atoms with van der Waals surface area (Å²) in [6.45, 7) is 10.1. The number of unbranched alkanes of at least 4 members (excludes halogenated alkanes) is 2. The number of carbonyl (C=O) groups is 1. The SMILES string of the molecule is C=CCO[C@@]12Oc3ccc(OCCN4CC4)cc3[C@H]3[C@H](CCCCO)[C@@H](CCCCO)C=C(C(=NOCC)C[C@@H]1N(Cc1cccc4ccccc14)C(=O)Oc1ccc([N+](=O)[O-])cc1)[C@H]32. The number of oxime groups is 1. The lowest BCUT2D eigenvalue weighted by Crippen LogP contribution is -2.70. The molecule has 4 aromatic rings. The molecule has 2 aliphatic heterocycles. The van der Waals surface area contributed by atoms with E-state index in [4.69, 9.17) is 28.9 Å². The molecule has 344 valence electrons. The summed E-state index contributed by atoms with van der Waals surface area (Å²) in [5.74, 6) is -0.732. The van der Waals surface area contributed by atoms with Gasteiger partial charge in [-0.25, -0.2) is 4.79 Å². The third-order valence-electron chi connectivity index (χ3n) is 13.2. The van der Waals surface area contributed by atoms with Crippen LogP contribution in [0.15, 0.2) is 114 Å². The summed E-state index contributed by atoms with van der Waals surface area (Å²) in [4.78, 5) is 36.2. The molecule has 14 nitrogen and oxygen atoms in total. The van der Waals surface area contributed by atoms with E-state index >= 15 is 4.79 Å². The number of fused-ring (bicyclic) bond motifs is 3. The lowest BCUT2D eigenvalue weighted by molar-refractivity contribution is -0.384. The number of nitro groups is 1. The molecule has 8 rings (SSSR count). The molecule has 4 aromatic carbocycles. The van der Waals surface area contributed by atoms with E-state index in [0.717, 1.165) is 78.5 Å². The Morgan fingerprint density at radius 2 is 1.75 bits per heavy atom. The van der Waals surface area contributed by atoms with E-state index < -0.39 is 28.8 Å². The largest absolute Gasteiger partial charge is 0.492 e. The van der Waals surface area contributed by atoms with Gasteiger partial charge in [-0.05, 0) is 96.7 Å². The highest BCUT2D eigenvalue weighted by Gasteiger charge is 2.66. The first-order valence-electron chi connectivity index (χ1n) is 23.0. The van der Waals surface area contributed by atoms with Crippen molar-refractivity contribution in [2.45, 2.75) is 76.2 Å². The summed E-state index contributed by atoms with van der Waals surface area (Å²) in [5.41, 5.74) is 3.28. The molecule has 65 heavy (non-hydrogen) atoms. The number of ether oxygens (including phenoxy) is 4. The molecule has 0 bridgehead atoms. The van der Waals surface area contributed by atoms with Crippen molar-refractivity contribution in [2.24, 2.45) is 22.9 Å². The standard InChI is InChI=1S/C51H60N4O10/c1-3-29-62-51-47(54(34-37-15-11-14-35-12-5-6-16-41(35)37)50(58)64-39-20-18-38(19-21-39)55(59)60)33-45(52-63-4-2)43-31-36(13-7-9-27-56)42(17-8-10-28-57)48(49(43)51)44-32-40(22-23-46(44)65-51)61-30-26-53-24-25-53/h3,5-6,11-12,14-16,18-23,31-32,36,42,47-49,56-57H,1,4,7-10,13,17,24-30,33-34H2,2H3/t36-,42+,47-,48+,49+,51+/m0/s1. The molecule has 2 aliphatic carbocycles. The van der Waals surface area contributed by atoms with Crippen LogP contribution in [-0.2, 0) is 16.1 Å². The summed E-state index contributed by atoms with van der Waals surface area (Å²) in [6, 6.07) is 24.5. The van der Waals surface area contributed by atoms with Crippen molar-refractivity contribution < 1.29 is 43.7 Å². The fourth-order valence-electron chi connectivity index (χ4n) is 10.2. The van der Waals surface area contributed by atoms with Gasteiger partial charge in [-0.2, -0.15) is 0 Å². The minimum atomic E-state index is -1.53. The fraction of sp³-hybridized carbons (Fsp3) is 0.451. The minimum absolute atomic E-state index is 0.0295. The topological polar surface area (TPSA) is 165 Å². The zero-order chi connectivity index (χ0) is 45.3. The van der Waals surface area contributed by atoms with Crippen LogP contribution in [-0.4, -0.2) is 101 Å². The predicted molar refractivity (Wildman–Crippen MR) is 247 cm³/mol. The molecule has 0 aromatic heterocycles. The van der Waals surface area contributed by atoms with E-state index in [2.05, 4.69) is 23.6 Å². The summed E-state index contributed by atoms with van der Waals surface area (Å²) in [7, 11) is 0. The van der Waals surface area contributed by atoms with Crippen LogP contribution < -0.4 is 14.2 Å². The Morgan fingerprint density at radius 3 is 2.49 bits per heavy atom. The van der Waals surface area contributed by atoms with Crippen LogP contribution in [0.25, 0.3) is 10.8 Å². The third kappa shape index (κ3) is 10.1. The zero-order valence-electron chi connectivity index (χ0n) is 37.1. The number of hydrogen-bond donors (Lipinski definition) is 2. The van der Waals surface area contributed by atoms with E-state index in [1.165, 1.54) is 24.3 Å². The molecule has 0 unspecified atom stereocenters. The number of benzene rings is 4. The quantitative estimate of drug-likeness (QED) is 0.0255. The van der Waals surface area contributed by atoms with Crippen LogP contribution in [0.4, 0.5) is 10.5 Å². The highest BCUT2D eigenvalue weighted by atomic mass is 16.7. The smallest absolute Gasteiger partial charge is 0.416 e. The van der Waals surface area contributed by atoms with Crippen LogP contribution in [0.5, 0.6) is 17.2 Å². The Bertz CT molecular complexity index is 2360. The highest BCUT2D eigenvalue weighted by molar-refractivity contribution is 6.03. The van der Waals surface area contributed by atoms with Gasteiger partial charge in [0.15, 0.2) is 0 Å². The molecule has 0 radical (unpaired) electrons. The van der Waals surface area contributed by atoms with Crippen LogP contribution >= 0.6 is 0 Å². The first kappa shape index (κ1) is 45.8. The number of non-ortho nitro benzene ring substituents is 1. The molecule has 2 fully saturated rings. The lowest BCUT2D eigenvalue weighted by Gasteiger charge is -2.59. The van der Waals surface area contributed by atoms with Gasteiger partial charge in [0.1, 0.15) is 36.5 Å². The van der Waals surface area contributed by atoms with E-state index in [0.29, 0.717) is 37.5 Å². The van der Waals surface area contributed by atoms with Crippen molar-refractivity contribution >= 4 is 28.3 Å². The van der Waals surface area contributed by atoms with Gasteiger partial charge in [-0.15, -0.1) is 6.58 Å². The molecule has 2 heterocycles. The molecule has 2 N–H and O–H groups in total. The van der Waals surface area contributed by atoms with Crippen LogP contribution in [0.3, 0.4) is 0 Å². The summed E-state index contributed by atoms with van der Waals surface area (Å²) in [5, 5.41) is 38.3. The first-order chi connectivity index (χ1) is 31.8. The van der Waals surface area contributed by atoms with Gasteiger partial charge in [0.05, 0.1) is 29.7 Å². The predicted octanol–water partition coefficient (Wildman–Crippen LogP) is 8.80. The van der Waals surface area contributed by atoms with Gasteiger partial charge < -0.3 is 34.0 Å². The summed E-state index contributed by atoms with van der Waals surface area (Å²) >= 11 is 0. The number of rotatable bonds is 22. The van der Waals surface area contributed by atoms with Crippen LogP contribution in [0.2, 0.25) is 0 Å². The van der Waals surface area contributed by atoms with Crippen molar-refractivity contribution in [3.05, 3.63) is 130 Å². The molecule has 0 spiro atoms. The molecule has 1 amide bonds. The van der Waals surface area contributed by atoms with Gasteiger partial charge in [0.25, 0.3) is 5.69 Å². The minimum Gasteiger partial charge on any atom is -0.492 e. The Morgan fingerprint density at radius 1 is 1.00 bits per heavy atom. The van der Waals surface area contributed by atoms with Crippen molar-refractivity contribution in [2.75, 3.05) is 52.7 Å². The summed E-state index contributed by atoms with van der Waals surface area (Å²) in [6.07, 6.45) is 7.96. The van der Waals surface area contributed by atoms with Crippen molar-refractivity contribution in [3.63, 3.8) is 0 Å². The maximum atomic E-state index is 15.2. The average molecular weight is 889 g/mol. The van der Waals surface area contributed by atoms with E-state index in [1.54, 1.807) is 11.0 Å². The second-order valence-corrected chi connectivity index (χ2v) is 17.3. The highest BCUT2D eigenvalue weighted by Crippen LogP contribution is 2.62. The lowest BCUT2D eigenvalue weighted by atomic mass is 9.55. The van der Waals surface area contributed by atoms with Crippen LogP contribution in [0, 0.1) is 27.9 Å². The number of amides is 1. The molecular formula is C51H60N4O10. The van der Waals surface area contributed by atoms with Gasteiger partial charge in [-0.1, -0.05) is 72.6 Å². The number of nitro benzene ring substituents is 1. The molecule has 14 heteroatoms. The van der Waals surface area contributed by atoms with Gasteiger partial charge in [0, 0.05) is 62.9 Å². The van der Waals surface area contributed by atoms with Crippen molar-refractivity contribution in [3.8, 4) is 17.2 Å². The Kier molecular flexibility index (Phi) is 14.8.